The molecule has 0 aromatic heterocycles. The minimum Gasteiger partial charge on any atom is -0.455 e. The second kappa shape index (κ2) is 9.81. The monoisotopic (exact) mass is 411 g/mol. The van der Waals surface area contributed by atoms with Crippen molar-refractivity contribution in [2.24, 2.45) is 0 Å². The Morgan fingerprint density at radius 1 is 0.700 bits per heavy atom. The van der Waals surface area contributed by atoms with Crippen LogP contribution in [0.4, 0.5) is 5.69 Å². The molecule has 1 N–H and O–H groups in total. The van der Waals surface area contributed by atoms with Gasteiger partial charge in [0.25, 0.3) is 0 Å². The van der Waals surface area contributed by atoms with Gasteiger partial charge in [0.05, 0.1) is 5.69 Å². The molecule has 0 aliphatic heterocycles. The van der Waals surface area contributed by atoms with Crippen LogP contribution in [0.3, 0.4) is 0 Å². The van der Waals surface area contributed by atoms with E-state index in [0.29, 0.717) is 11.4 Å². The average Bonchev–Trinajstić information content (AvgIpc) is 2.81. The third-order valence-electron chi connectivity index (χ3n) is 4.45. The van der Waals surface area contributed by atoms with E-state index in [2.05, 4.69) is 5.32 Å². The molecular formula is C26H21NO2S. The smallest absolute Gasteiger partial charge is 0.242 e. The molecule has 4 aromatic carbocycles. The van der Waals surface area contributed by atoms with Crippen LogP contribution in [-0.4, -0.2) is 5.91 Å². The highest BCUT2D eigenvalue weighted by molar-refractivity contribution is 8.00. The number of hydrogen-bond acceptors (Lipinski definition) is 3. The number of benzene rings is 4. The van der Waals surface area contributed by atoms with E-state index in [1.54, 1.807) is 0 Å². The van der Waals surface area contributed by atoms with Crippen LogP contribution in [0, 0.1) is 0 Å². The first-order valence-electron chi connectivity index (χ1n) is 9.69. The molecule has 3 nitrogen and oxygen atoms in total. The Morgan fingerprint density at radius 2 is 1.27 bits per heavy atom. The van der Waals surface area contributed by atoms with Gasteiger partial charge in [0.1, 0.15) is 11.0 Å². The number of amides is 1. The molecule has 0 saturated carbocycles. The van der Waals surface area contributed by atoms with Gasteiger partial charge in [-0.15, -0.1) is 11.8 Å². The van der Waals surface area contributed by atoms with Crippen molar-refractivity contribution in [2.45, 2.75) is 10.1 Å². The van der Waals surface area contributed by atoms with Crippen molar-refractivity contribution in [3.8, 4) is 11.5 Å². The maximum absolute atomic E-state index is 13.3. The maximum Gasteiger partial charge on any atom is 0.242 e. The van der Waals surface area contributed by atoms with Crippen LogP contribution in [0.1, 0.15) is 10.8 Å². The standard InChI is InChI=1S/C26H21NO2S/c28-26(25(20-12-4-1-5-13-20)30-22-16-8-3-9-17-22)27-23-18-10-11-19-24(23)29-21-14-6-2-7-15-21/h1-19,25H,(H,27,28). The third kappa shape index (κ3) is 5.10. The number of para-hydroxylation sites is 3. The Bertz CT molecular complexity index is 1090. The number of ether oxygens (including phenoxy) is 1. The van der Waals surface area contributed by atoms with Crippen LogP contribution >= 0.6 is 11.8 Å². The van der Waals surface area contributed by atoms with Gasteiger partial charge in [-0.1, -0.05) is 78.9 Å². The molecule has 0 radical (unpaired) electrons. The van der Waals surface area contributed by atoms with Crippen molar-refractivity contribution < 1.29 is 9.53 Å². The largest absolute Gasteiger partial charge is 0.455 e. The normalized spacial score (nSPS) is 11.5. The fourth-order valence-electron chi connectivity index (χ4n) is 3.01. The van der Waals surface area contributed by atoms with Gasteiger partial charge < -0.3 is 10.1 Å². The van der Waals surface area contributed by atoms with E-state index in [0.717, 1.165) is 16.2 Å². The van der Waals surface area contributed by atoms with E-state index in [9.17, 15) is 4.79 Å². The lowest BCUT2D eigenvalue weighted by Gasteiger charge is -2.18. The van der Waals surface area contributed by atoms with Crippen molar-refractivity contribution in [1.29, 1.82) is 0 Å². The summed E-state index contributed by atoms with van der Waals surface area (Å²) in [6.45, 7) is 0. The quantitative estimate of drug-likeness (QED) is 0.334. The van der Waals surface area contributed by atoms with Gasteiger partial charge in [-0.25, -0.2) is 0 Å². The third-order valence-corrected chi connectivity index (χ3v) is 5.72. The summed E-state index contributed by atoms with van der Waals surface area (Å²) < 4.78 is 5.99. The molecule has 0 aliphatic rings. The second-order valence-corrected chi connectivity index (χ2v) is 7.80. The number of nitrogens with one attached hydrogen (secondary N) is 1. The fraction of sp³-hybridized carbons (Fsp3) is 0.0385. The van der Waals surface area contributed by atoms with Gasteiger partial charge in [-0.2, -0.15) is 0 Å². The zero-order valence-electron chi connectivity index (χ0n) is 16.3. The predicted molar refractivity (Wildman–Crippen MR) is 123 cm³/mol. The van der Waals surface area contributed by atoms with Crippen molar-refractivity contribution in [3.05, 3.63) is 121 Å². The molecule has 4 rings (SSSR count). The molecule has 0 spiro atoms. The van der Waals surface area contributed by atoms with E-state index in [4.69, 9.17) is 4.74 Å². The van der Waals surface area contributed by atoms with Crippen LogP contribution in [0.2, 0.25) is 0 Å². The average molecular weight is 412 g/mol. The zero-order valence-corrected chi connectivity index (χ0v) is 17.1. The van der Waals surface area contributed by atoms with Crippen molar-refractivity contribution in [1.82, 2.24) is 0 Å². The molecule has 1 amide bonds. The Morgan fingerprint density at radius 3 is 1.97 bits per heavy atom. The number of thioether (sulfide) groups is 1. The predicted octanol–water partition coefficient (Wildman–Crippen LogP) is 6.95. The summed E-state index contributed by atoms with van der Waals surface area (Å²) in [6, 6.07) is 36.8. The van der Waals surface area contributed by atoms with E-state index < -0.39 is 5.25 Å². The van der Waals surface area contributed by atoms with Gasteiger partial charge in [0.2, 0.25) is 5.91 Å². The topological polar surface area (TPSA) is 38.3 Å². The Kier molecular flexibility index (Phi) is 6.47. The maximum atomic E-state index is 13.3. The van der Waals surface area contributed by atoms with Crippen LogP contribution in [-0.2, 0) is 4.79 Å². The highest BCUT2D eigenvalue weighted by Gasteiger charge is 2.23. The lowest BCUT2D eigenvalue weighted by atomic mass is 10.1. The summed E-state index contributed by atoms with van der Waals surface area (Å²) in [5.74, 6) is 1.23. The summed E-state index contributed by atoms with van der Waals surface area (Å²) in [7, 11) is 0. The van der Waals surface area contributed by atoms with Gasteiger partial charge in [-0.05, 0) is 42.0 Å². The lowest BCUT2D eigenvalue weighted by molar-refractivity contribution is -0.115. The number of rotatable bonds is 7. The molecule has 0 saturated heterocycles. The van der Waals surface area contributed by atoms with E-state index in [1.807, 2.05) is 115 Å². The van der Waals surface area contributed by atoms with Crippen molar-refractivity contribution in [3.63, 3.8) is 0 Å². The molecule has 4 aromatic rings. The van der Waals surface area contributed by atoms with Crippen LogP contribution < -0.4 is 10.1 Å². The van der Waals surface area contributed by atoms with Crippen molar-refractivity contribution in [2.75, 3.05) is 5.32 Å². The summed E-state index contributed by atoms with van der Waals surface area (Å²) in [6.07, 6.45) is 0. The molecule has 148 valence electrons. The zero-order chi connectivity index (χ0) is 20.6. The minimum absolute atomic E-state index is 0.0980. The molecule has 0 fully saturated rings. The van der Waals surface area contributed by atoms with E-state index in [1.165, 1.54) is 11.8 Å². The van der Waals surface area contributed by atoms with Gasteiger partial charge >= 0.3 is 0 Å². The molecule has 1 atom stereocenters. The first-order chi connectivity index (χ1) is 14.8. The molecule has 30 heavy (non-hydrogen) atoms. The summed E-state index contributed by atoms with van der Waals surface area (Å²) in [5, 5.41) is 2.67. The number of anilines is 1. The van der Waals surface area contributed by atoms with E-state index in [-0.39, 0.29) is 5.91 Å². The number of carbonyl (C=O) groups excluding carboxylic acids is 1. The molecule has 0 aliphatic carbocycles. The number of carbonyl (C=O) groups is 1. The van der Waals surface area contributed by atoms with Crippen molar-refractivity contribution >= 4 is 23.4 Å². The van der Waals surface area contributed by atoms with Gasteiger partial charge in [0.15, 0.2) is 5.75 Å². The Balaban J connectivity index is 1.58. The summed E-state index contributed by atoms with van der Waals surface area (Å²) >= 11 is 1.53. The first kappa shape index (κ1) is 19.8. The second-order valence-electron chi connectivity index (χ2n) is 6.62. The van der Waals surface area contributed by atoms with Crippen LogP contribution in [0.15, 0.2) is 120 Å². The highest BCUT2D eigenvalue weighted by atomic mass is 32.2. The van der Waals surface area contributed by atoms with Gasteiger partial charge in [-0.3, -0.25) is 4.79 Å². The fourth-order valence-corrected chi connectivity index (χ4v) is 4.05. The van der Waals surface area contributed by atoms with E-state index >= 15 is 0 Å². The number of hydrogen-bond donors (Lipinski definition) is 1. The molecule has 0 heterocycles. The molecular weight excluding hydrogens is 390 g/mol. The molecule has 4 heteroatoms. The van der Waals surface area contributed by atoms with Crippen LogP contribution in [0.25, 0.3) is 0 Å². The highest BCUT2D eigenvalue weighted by Crippen LogP contribution is 2.37. The SMILES string of the molecule is O=C(Nc1ccccc1Oc1ccccc1)C(Sc1ccccc1)c1ccccc1. The Labute approximate surface area is 180 Å². The molecule has 0 bridgehead atoms. The minimum atomic E-state index is -0.390. The summed E-state index contributed by atoms with van der Waals surface area (Å²) in [5.41, 5.74) is 1.59. The summed E-state index contributed by atoms with van der Waals surface area (Å²) in [4.78, 5) is 14.4. The molecule has 1 unspecified atom stereocenters. The van der Waals surface area contributed by atoms with Crippen LogP contribution in [0.5, 0.6) is 11.5 Å². The Hall–Kier alpha value is -3.50. The first-order valence-corrected chi connectivity index (χ1v) is 10.6. The lowest BCUT2D eigenvalue weighted by Crippen LogP contribution is -2.19. The van der Waals surface area contributed by atoms with Gasteiger partial charge in [0, 0.05) is 4.90 Å².